The third-order valence-corrected chi connectivity index (χ3v) is 6.42. The average Bonchev–Trinajstić information content (AvgIpc) is 2.62. The fourth-order valence-electron chi connectivity index (χ4n) is 2.18. The number of anilines is 1. The van der Waals surface area contributed by atoms with Crippen LogP contribution in [0.4, 0.5) is 5.69 Å². The van der Waals surface area contributed by atoms with Gasteiger partial charge in [0.1, 0.15) is 0 Å². The van der Waals surface area contributed by atoms with Crippen molar-refractivity contribution in [1.29, 1.82) is 0 Å². The second kappa shape index (κ2) is 9.18. The number of amides is 1. The van der Waals surface area contributed by atoms with Crippen LogP contribution in [0.15, 0.2) is 59.5 Å². The number of sulfonamides is 1. The summed E-state index contributed by atoms with van der Waals surface area (Å²) in [7, 11) is -0.643. The zero-order chi connectivity index (χ0) is 19.2. The Morgan fingerprint density at radius 1 is 1.15 bits per heavy atom. The fourth-order valence-corrected chi connectivity index (χ4v) is 3.92. The summed E-state index contributed by atoms with van der Waals surface area (Å²) in [6.45, 7) is 0. The molecular weight excluding hydrogens is 372 g/mol. The van der Waals surface area contributed by atoms with Gasteiger partial charge in [0.2, 0.25) is 15.9 Å². The van der Waals surface area contributed by atoms with Crippen LogP contribution in [0.5, 0.6) is 0 Å². The topological polar surface area (TPSA) is 86.7 Å². The third kappa shape index (κ3) is 5.57. The van der Waals surface area contributed by atoms with Gasteiger partial charge < -0.3 is 10.4 Å². The van der Waals surface area contributed by atoms with E-state index in [0.29, 0.717) is 11.4 Å². The minimum absolute atomic E-state index is 0.118. The average molecular weight is 395 g/mol. The lowest BCUT2D eigenvalue weighted by atomic mass is 10.1. The molecule has 0 saturated carbocycles. The van der Waals surface area contributed by atoms with E-state index in [4.69, 9.17) is 0 Å². The Labute approximate surface area is 158 Å². The smallest absolute Gasteiger partial charge is 0.242 e. The number of hydrogen-bond acceptors (Lipinski definition) is 5. The lowest BCUT2D eigenvalue weighted by molar-refractivity contribution is -0.113. The van der Waals surface area contributed by atoms with Crippen molar-refractivity contribution >= 4 is 33.4 Å². The van der Waals surface area contributed by atoms with Gasteiger partial charge in [-0.25, -0.2) is 12.7 Å². The highest BCUT2D eigenvalue weighted by molar-refractivity contribution is 8.00. The van der Waals surface area contributed by atoms with Gasteiger partial charge in [0, 0.05) is 25.5 Å². The first-order valence-corrected chi connectivity index (χ1v) is 10.5. The van der Waals surface area contributed by atoms with Gasteiger partial charge in [-0.15, -0.1) is 11.8 Å². The highest BCUT2D eigenvalue weighted by atomic mass is 32.2. The van der Waals surface area contributed by atoms with Crippen molar-refractivity contribution in [2.45, 2.75) is 11.0 Å². The molecule has 0 aliphatic carbocycles. The van der Waals surface area contributed by atoms with E-state index >= 15 is 0 Å². The predicted molar refractivity (Wildman–Crippen MR) is 105 cm³/mol. The number of aliphatic hydroxyl groups is 1. The van der Waals surface area contributed by atoms with Crippen LogP contribution < -0.4 is 5.32 Å². The number of hydrogen-bond donors (Lipinski definition) is 2. The first kappa shape index (κ1) is 20.4. The molecule has 1 unspecified atom stereocenters. The zero-order valence-corrected chi connectivity index (χ0v) is 16.3. The van der Waals surface area contributed by atoms with Crippen LogP contribution in [0.2, 0.25) is 0 Å². The van der Waals surface area contributed by atoms with Gasteiger partial charge in [0.25, 0.3) is 0 Å². The van der Waals surface area contributed by atoms with Gasteiger partial charge >= 0.3 is 0 Å². The Morgan fingerprint density at radius 3 is 2.50 bits per heavy atom. The molecule has 1 amide bonds. The van der Waals surface area contributed by atoms with Crippen LogP contribution in [0, 0.1) is 0 Å². The van der Waals surface area contributed by atoms with Crippen LogP contribution >= 0.6 is 11.8 Å². The van der Waals surface area contributed by atoms with Crippen molar-refractivity contribution in [2.75, 3.05) is 30.9 Å². The summed E-state index contributed by atoms with van der Waals surface area (Å²) in [5.74, 6) is 0.302. The molecule has 0 heterocycles. The zero-order valence-electron chi connectivity index (χ0n) is 14.6. The van der Waals surface area contributed by atoms with Crippen molar-refractivity contribution in [3.63, 3.8) is 0 Å². The normalized spacial score (nSPS) is 12.8. The number of carbonyl (C=O) groups excluding carboxylic acids is 1. The maximum atomic E-state index is 12.1. The Hall–Kier alpha value is -1.87. The molecule has 26 heavy (non-hydrogen) atoms. The molecule has 2 rings (SSSR count). The summed E-state index contributed by atoms with van der Waals surface area (Å²) in [4.78, 5) is 12.2. The molecular formula is C18H22N2O4S2. The molecule has 0 saturated heterocycles. The summed E-state index contributed by atoms with van der Waals surface area (Å²) in [6, 6.07) is 15.4. The fraction of sp³-hybridized carbons (Fsp3) is 0.278. The number of benzene rings is 2. The lowest BCUT2D eigenvalue weighted by Crippen LogP contribution is -2.22. The number of aliphatic hydroxyl groups excluding tert-OH is 1. The van der Waals surface area contributed by atoms with E-state index in [1.807, 2.05) is 30.3 Å². The van der Waals surface area contributed by atoms with E-state index in [9.17, 15) is 18.3 Å². The van der Waals surface area contributed by atoms with E-state index in [2.05, 4.69) is 5.32 Å². The third-order valence-electron chi connectivity index (χ3n) is 3.59. The van der Waals surface area contributed by atoms with Gasteiger partial charge in [0.05, 0.1) is 16.8 Å². The SMILES string of the molecule is CN(C)S(=O)(=O)c1cccc(NC(=O)CSCC(O)c2ccccc2)c1. The summed E-state index contributed by atoms with van der Waals surface area (Å²) in [6.07, 6.45) is -0.637. The second-order valence-corrected chi connectivity index (χ2v) is 8.99. The van der Waals surface area contributed by atoms with E-state index in [1.54, 1.807) is 12.1 Å². The lowest BCUT2D eigenvalue weighted by Gasteiger charge is -2.13. The second-order valence-electron chi connectivity index (χ2n) is 5.81. The highest BCUT2D eigenvalue weighted by Gasteiger charge is 2.17. The molecule has 0 aromatic heterocycles. The van der Waals surface area contributed by atoms with Crippen molar-refractivity contribution in [3.05, 3.63) is 60.2 Å². The van der Waals surface area contributed by atoms with Crippen LogP contribution in [-0.4, -0.2) is 49.3 Å². The van der Waals surface area contributed by atoms with Crippen molar-refractivity contribution in [2.24, 2.45) is 0 Å². The van der Waals surface area contributed by atoms with E-state index < -0.39 is 16.1 Å². The molecule has 140 valence electrons. The molecule has 0 aliphatic heterocycles. The molecule has 8 heteroatoms. The molecule has 0 aliphatic rings. The van der Waals surface area contributed by atoms with Gasteiger partial charge in [-0.3, -0.25) is 4.79 Å². The molecule has 2 aromatic carbocycles. The summed E-state index contributed by atoms with van der Waals surface area (Å²) in [5.41, 5.74) is 1.23. The molecule has 0 spiro atoms. The van der Waals surface area contributed by atoms with Crippen molar-refractivity contribution < 1.29 is 18.3 Å². The number of carbonyl (C=O) groups is 1. The van der Waals surface area contributed by atoms with Gasteiger partial charge in [-0.1, -0.05) is 36.4 Å². The molecule has 0 radical (unpaired) electrons. The van der Waals surface area contributed by atoms with Crippen LogP contribution in [0.3, 0.4) is 0 Å². The van der Waals surface area contributed by atoms with Gasteiger partial charge in [0.15, 0.2) is 0 Å². The summed E-state index contributed by atoms with van der Waals surface area (Å²) in [5, 5.41) is 12.8. The van der Waals surface area contributed by atoms with Crippen LogP contribution in [0.1, 0.15) is 11.7 Å². The van der Waals surface area contributed by atoms with Crippen molar-refractivity contribution in [1.82, 2.24) is 4.31 Å². The van der Waals surface area contributed by atoms with Crippen molar-refractivity contribution in [3.8, 4) is 0 Å². The Morgan fingerprint density at radius 2 is 1.85 bits per heavy atom. The minimum Gasteiger partial charge on any atom is -0.388 e. The molecule has 0 bridgehead atoms. The molecule has 6 nitrogen and oxygen atoms in total. The first-order chi connectivity index (χ1) is 12.3. The molecule has 2 aromatic rings. The maximum absolute atomic E-state index is 12.1. The minimum atomic E-state index is -3.55. The van der Waals surface area contributed by atoms with Gasteiger partial charge in [-0.2, -0.15) is 0 Å². The number of thioether (sulfide) groups is 1. The Kier molecular flexibility index (Phi) is 7.22. The number of rotatable bonds is 8. The first-order valence-electron chi connectivity index (χ1n) is 7.94. The van der Waals surface area contributed by atoms with E-state index in [1.165, 1.54) is 38.0 Å². The molecule has 0 fully saturated rings. The quantitative estimate of drug-likeness (QED) is 0.718. The molecule has 2 N–H and O–H groups in total. The number of nitrogens with one attached hydrogen (secondary N) is 1. The highest BCUT2D eigenvalue weighted by Crippen LogP contribution is 2.20. The Balaban J connectivity index is 1.88. The number of nitrogens with zero attached hydrogens (tertiary/aromatic N) is 1. The van der Waals surface area contributed by atoms with E-state index in [-0.39, 0.29) is 16.6 Å². The monoisotopic (exact) mass is 394 g/mol. The summed E-state index contributed by atoms with van der Waals surface area (Å²) < 4.78 is 25.4. The Bertz CT molecular complexity index is 839. The van der Waals surface area contributed by atoms with Crippen LogP contribution in [0.25, 0.3) is 0 Å². The molecule has 1 atom stereocenters. The van der Waals surface area contributed by atoms with Crippen LogP contribution in [-0.2, 0) is 14.8 Å². The standard InChI is InChI=1S/C18H22N2O4S2/c1-20(2)26(23,24)16-10-6-9-15(11-16)19-18(22)13-25-12-17(21)14-7-4-3-5-8-14/h3-11,17,21H,12-13H2,1-2H3,(H,19,22). The maximum Gasteiger partial charge on any atom is 0.242 e. The largest absolute Gasteiger partial charge is 0.388 e. The predicted octanol–water partition coefficient (Wildman–Crippen LogP) is 2.34. The summed E-state index contributed by atoms with van der Waals surface area (Å²) >= 11 is 1.31. The van der Waals surface area contributed by atoms with E-state index in [0.717, 1.165) is 9.87 Å². The van der Waals surface area contributed by atoms with Gasteiger partial charge in [-0.05, 0) is 23.8 Å².